The lowest BCUT2D eigenvalue weighted by Crippen LogP contribution is -2.62. The van der Waals surface area contributed by atoms with Crippen LogP contribution in [0.4, 0.5) is 10.6 Å². The van der Waals surface area contributed by atoms with Crippen molar-refractivity contribution in [3.8, 4) is 0 Å². The van der Waals surface area contributed by atoms with Gasteiger partial charge < -0.3 is 24.5 Å². The van der Waals surface area contributed by atoms with Crippen LogP contribution >= 0.6 is 0 Å². The number of anilines is 1. The summed E-state index contributed by atoms with van der Waals surface area (Å²) in [6, 6.07) is 6.39. The van der Waals surface area contributed by atoms with Crippen molar-refractivity contribution in [2.75, 3.05) is 63.8 Å². The lowest BCUT2D eigenvalue weighted by Gasteiger charge is -2.53. The maximum atomic E-state index is 13.4. The van der Waals surface area contributed by atoms with Gasteiger partial charge in [-0.3, -0.25) is 9.59 Å². The molecule has 4 amide bonds. The highest BCUT2D eigenvalue weighted by Crippen LogP contribution is 2.38. The number of piperazine rings is 1. The number of likely N-dealkylation sites (tertiary alicyclic amines) is 2. The summed E-state index contributed by atoms with van der Waals surface area (Å²) in [6.45, 7) is 6.72. The topological polar surface area (TPSA) is 80.3 Å². The maximum Gasteiger partial charge on any atom is 0.320 e. The third-order valence-electron chi connectivity index (χ3n) is 9.13. The molecule has 194 valence electrons. The van der Waals surface area contributed by atoms with E-state index in [9.17, 15) is 14.4 Å². The first-order chi connectivity index (χ1) is 17.6. The number of nitrogens with zero attached hydrogens (tertiary/aromatic N) is 6. The molecule has 6 heterocycles. The average molecular weight is 495 g/mol. The summed E-state index contributed by atoms with van der Waals surface area (Å²) in [5, 5.41) is 0. The van der Waals surface area contributed by atoms with Crippen LogP contribution in [0.25, 0.3) is 0 Å². The van der Waals surface area contributed by atoms with E-state index in [1.54, 1.807) is 0 Å². The number of hydrogen-bond donors (Lipinski definition) is 0. The van der Waals surface area contributed by atoms with Gasteiger partial charge in [0.15, 0.2) is 0 Å². The Labute approximate surface area is 213 Å². The Morgan fingerprint density at radius 1 is 0.861 bits per heavy atom. The normalized spacial score (nSPS) is 29.3. The van der Waals surface area contributed by atoms with Crippen LogP contribution in [0.1, 0.15) is 38.5 Å². The van der Waals surface area contributed by atoms with Crippen molar-refractivity contribution in [3.63, 3.8) is 0 Å². The molecule has 0 unspecified atom stereocenters. The van der Waals surface area contributed by atoms with Gasteiger partial charge in [-0.05, 0) is 56.1 Å². The molecular formula is C27H38N6O3. The zero-order chi connectivity index (χ0) is 24.6. The van der Waals surface area contributed by atoms with Gasteiger partial charge in [-0.2, -0.15) is 0 Å². The third-order valence-corrected chi connectivity index (χ3v) is 9.13. The maximum absolute atomic E-state index is 13.4. The number of fused-ring (bicyclic) bond motifs is 4. The molecular weight excluding hydrogens is 456 g/mol. The predicted molar refractivity (Wildman–Crippen MR) is 135 cm³/mol. The van der Waals surface area contributed by atoms with Crippen LogP contribution in [0.2, 0.25) is 0 Å². The summed E-state index contributed by atoms with van der Waals surface area (Å²) < 4.78 is 0. The largest absolute Gasteiger partial charge is 0.353 e. The highest BCUT2D eigenvalue weighted by Gasteiger charge is 2.45. The van der Waals surface area contributed by atoms with Gasteiger partial charge in [0, 0.05) is 83.5 Å². The molecule has 6 rings (SSSR count). The van der Waals surface area contributed by atoms with Gasteiger partial charge in [-0.1, -0.05) is 6.07 Å². The van der Waals surface area contributed by atoms with E-state index in [4.69, 9.17) is 0 Å². The van der Waals surface area contributed by atoms with E-state index in [0.29, 0.717) is 43.3 Å². The summed E-state index contributed by atoms with van der Waals surface area (Å²) in [5.41, 5.74) is 0. The second-order valence-corrected chi connectivity index (χ2v) is 11.3. The first-order valence-corrected chi connectivity index (χ1v) is 13.8. The van der Waals surface area contributed by atoms with Crippen molar-refractivity contribution < 1.29 is 14.4 Å². The minimum absolute atomic E-state index is 0.0120. The summed E-state index contributed by atoms with van der Waals surface area (Å²) in [5.74, 6) is 2.35. The summed E-state index contributed by atoms with van der Waals surface area (Å²) in [4.78, 5) is 53.9. The Balaban J connectivity index is 0.989. The van der Waals surface area contributed by atoms with E-state index in [0.717, 1.165) is 83.7 Å². The molecule has 0 aliphatic carbocycles. The predicted octanol–water partition coefficient (Wildman–Crippen LogP) is 1.90. The van der Waals surface area contributed by atoms with Gasteiger partial charge in [-0.15, -0.1) is 0 Å². The van der Waals surface area contributed by atoms with Crippen molar-refractivity contribution in [3.05, 3.63) is 24.4 Å². The number of carbonyl (C=O) groups excluding carboxylic acids is 3. The minimum atomic E-state index is 0.0120. The Morgan fingerprint density at radius 3 is 2.42 bits per heavy atom. The van der Waals surface area contributed by atoms with Gasteiger partial charge in [0.2, 0.25) is 11.8 Å². The lowest BCUT2D eigenvalue weighted by atomic mass is 9.76. The second kappa shape index (κ2) is 9.90. The van der Waals surface area contributed by atoms with Gasteiger partial charge in [0.1, 0.15) is 5.82 Å². The number of pyridine rings is 1. The highest BCUT2D eigenvalue weighted by molar-refractivity contribution is 5.80. The molecule has 0 aromatic carbocycles. The molecule has 5 aliphatic rings. The van der Waals surface area contributed by atoms with Crippen LogP contribution < -0.4 is 4.90 Å². The Hall–Kier alpha value is -2.84. The molecule has 5 saturated heterocycles. The number of piperidine rings is 4. The minimum Gasteiger partial charge on any atom is -0.353 e. The van der Waals surface area contributed by atoms with Crippen molar-refractivity contribution in [2.45, 2.75) is 44.6 Å². The number of carbonyl (C=O) groups is 3. The van der Waals surface area contributed by atoms with Crippen LogP contribution in [0, 0.1) is 17.8 Å². The monoisotopic (exact) mass is 494 g/mol. The standard InChI is InChI=1S/C27H38N6O3/c34-25-6-3-4-23-22-16-20(18-33(23)25)17-32(19-22)27(36)31-10-7-21(8-11-31)26(35)30-14-12-29(13-15-30)24-5-1-2-9-28-24/h1-2,5,9,20-23H,3-4,6-8,10-19H2/t20-,22+,23+/m0/s1. The Kier molecular flexibility index (Phi) is 6.48. The van der Waals surface area contributed by atoms with E-state index in [1.807, 2.05) is 39.1 Å². The summed E-state index contributed by atoms with van der Waals surface area (Å²) in [7, 11) is 0. The van der Waals surface area contributed by atoms with Crippen molar-refractivity contribution >= 4 is 23.7 Å². The fourth-order valence-corrected chi connectivity index (χ4v) is 7.24. The van der Waals surface area contributed by atoms with E-state index in [-0.39, 0.29) is 17.9 Å². The zero-order valence-corrected chi connectivity index (χ0v) is 21.1. The number of amides is 4. The van der Waals surface area contributed by atoms with Gasteiger partial charge in [0.05, 0.1) is 0 Å². The molecule has 9 heteroatoms. The molecule has 36 heavy (non-hydrogen) atoms. The third kappa shape index (κ3) is 4.52. The quantitative estimate of drug-likeness (QED) is 0.627. The SMILES string of the molecule is O=C(C1CCN(C(=O)N2C[C@@H]3C[C@H](C2)[C@H]2CCCC(=O)N2C3)CC1)N1CCN(c2ccccn2)CC1. The van der Waals surface area contributed by atoms with Crippen molar-refractivity contribution in [1.82, 2.24) is 24.6 Å². The highest BCUT2D eigenvalue weighted by atomic mass is 16.2. The van der Waals surface area contributed by atoms with Gasteiger partial charge in [-0.25, -0.2) is 9.78 Å². The first kappa shape index (κ1) is 23.6. The molecule has 0 radical (unpaired) electrons. The second-order valence-electron chi connectivity index (χ2n) is 11.3. The van der Waals surface area contributed by atoms with Crippen LogP contribution in [-0.2, 0) is 9.59 Å². The average Bonchev–Trinajstić information content (AvgIpc) is 2.93. The molecule has 1 aromatic rings. The van der Waals surface area contributed by atoms with E-state index < -0.39 is 0 Å². The number of urea groups is 1. The van der Waals surface area contributed by atoms with Gasteiger partial charge in [0.25, 0.3) is 0 Å². The molecule has 9 nitrogen and oxygen atoms in total. The molecule has 3 atom stereocenters. The number of aromatic nitrogens is 1. The molecule has 2 bridgehead atoms. The number of rotatable bonds is 2. The Bertz CT molecular complexity index is 973. The fraction of sp³-hybridized carbons (Fsp3) is 0.704. The fourth-order valence-electron chi connectivity index (χ4n) is 7.24. The van der Waals surface area contributed by atoms with Crippen molar-refractivity contribution in [1.29, 1.82) is 0 Å². The molecule has 0 spiro atoms. The van der Waals surface area contributed by atoms with Crippen LogP contribution in [-0.4, -0.2) is 107 Å². The molecule has 0 saturated carbocycles. The Morgan fingerprint density at radius 2 is 1.67 bits per heavy atom. The summed E-state index contributed by atoms with van der Waals surface area (Å²) in [6.07, 6.45) is 7.19. The smallest absolute Gasteiger partial charge is 0.320 e. The van der Waals surface area contributed by atoms with E-state index in [1.165, 1.54) is 0 Å². The lowest BCUT2D eigenvalue weighted by molar-refractivity contribution is -0.144. The summed E-state index contributed by atoms with van der Waals surface area (Å²) >= 11 is 0. The molecule has 1 aromatic heterocycles. The molecule has 0 N–H and O–H groups in total. The zero-order valence-electron chi connectivity index (χ0n) is 21.1. The van der Waals surface area contributed by atoms with Crippen LogP contribution in [0.5, 0.6) is 0 Å². The van der Waals surface area contributed by atoms with E-state index in [2.05, 4.69) is 14.8 Å². The van der Waals surface area contributed by atoms with Gasteiger partial charge >= 0.3 is 6.03 Å². The number of hydrogen-bond acceptors (Lipinski definition) is 5. The van der Waals surface area contributed by atoms with Crippen LogP contribution in [0.15, 0.2) is 24.4 Å². The first-order valence-electron chi connectivity index (χ1n) is 13.8. The van der Waals surface area contributed by atoms with Crippen molar-refractivity contribution in [2.24, 2.45) is 17.8 Å². The molecule has 5 fully saturated rings. The van der Waals surface area contributed by atoms with Crippen LogP contribution in [0.3, 0.4) is 0 Å². The van der Waals surface area contributed by atoms with E-state index >= 15 is 0 Å². The molecule has 5 aliphatic heterocycles.